The molecular weight excluding hydrogens is 528 g/mol. The van der Waals surface area contributed by atoms with E-state index in [1.807, 2.05) is 60.7 Å². The van der Waals surface area contributed by atoms with Crippen LogP contribution < -0.4 is 19.7 Å². The summed E-state index contributed by atoms with van der Waals surface area (Å²) >= 11 is 0. The molecule has 8 heteroatoms. The second-order valence-corrected chi connectivity index (χ2v) is 12.1. The zero-order valence-corrected chi connectivity index (χ0v) is 24.9. The fourth-order valence-corrected chi connectivity index (χ4v) is 5.59. The summed E-state index contributed by atoms with van der Waals surface area (Å²) in [6, 6.07) is 22.1. The van der Waals surface area contributed by atoms with Crippen molar-refractivity contribution in [2.45, 2.75) is 51.7 Å². The third-order valence-electron chi connectivity index (χ3n) is 8.04. The number of fused-ring (bicyclic) bond motifs is 1. The molecule has 1 saturated heterocycles. The molecule has 0 amide bonds. The first-order valence-electron chi connectivity index (χ1n) is 14.7. The molecule has 42 heavy (non-hydrogen) atoms. The first kappa shape index (κ1) is 29.4. The van der Waals surface area contributed by atoms with Gasteiger partial charge < -0.3 is 24.4 Å². The number of hydrogen-bond donors (Lipinski definition) is 1. The summed E-state index contributed by atoms with van der Waals surface area (Å²) in [5, 5.41) is 12.6. The maximum absolute atomic E-state index is 12.7. The minimum atomic E-state index is -0.733. The lowest BCUT2D eigenvalue weighted by Crippen LogP contribution is -2.33. The highest BCUT2D eigenvalue weighted by Crippen LogP contribution is 2.46. The molecule has 3 aromatic rings. The highest BCUT2D eigenvalue weighted by Gasteiger charge is 2.55. The van der Waals surface area contributed by atoms with Gasteiger partial charge in [0.25, 0.3) is 0 Å². The van der Waals surface area contributed by atoms with Gasteiger partial charge in [0.1, 0.15) is 30.0 Å². The van der Waals surface area contributed by atoms with Gasteiger partial charge in [0.15, 0.2) is 6.10 Å². The van der Waals surface area contributed by atoms with E-state index in [9.17, 15) is 4.79 Å². The van der Waals surface area contributed by atoms with Crippen molar-refractivity contribution in [2.24, 2.45) is 11.8 Å². The van der Waals surface area contributed by atoms with E-state index in [4.69, 9.17) is 19.5 Å². The molecule has 2 aromatic carbocycles. The van der Waals surface area contributed by atoms with Gasteiger partial charge in [-0.3, -0.25) is 0 Å². The van der Waals surface area contributed by atoms with E-state index in [0.29, 0.717) is 48.8 Å². The summed E-state index contributed by atoms with van der Waals surface area (Å²) < 4.78 is 17.3. The number of carbonyl (C=O) groups is 1. The number of carbonyl (C=O) groups excluding carboxylic acids is 1. The van der Waals surface area contributed by atoms with Crippen molar-refractivity contribution in [1.29, 1.82) is 5.26 Å². The lowest BCUT2D eigenvalue weighted by molar-refractivity contribution is -0.151. The Bertz CT molecular complexity index is 1370. The Morgan fingerprint density at radius 3 is 2.33 bits per heavy atom. The first-order valence-corrected chi connectivity index (χ1v) is 14.7. The number of nitrogens with zero attached hydrogens (tertiary/aromatic N) is 3. The van der Waals surface area contributed by atoms with Crippen molar-refractivity contribution in [3.05, 3.63) is 83.6 Å². The molecule has 0 spiro atoms. The summed E-state index contributed by atoms with van der Waals surface area (Å²) in [5.41, 5.74) is 2.81. The van der Waals surface area contributed by atoms with Crippen LogP contribution in [0.25, 0.3) is 0 Å². The molecule has 4 atom stereocenters. The number of piperidine rings is 1. The number of anilines is 1. The third kappa shape index (κ3) is 7.21. The van der Waals surface area contributed by atoms with Crippen molar-refractivity contribution in [3.63, 3.8) is 0 Å². The minimum Gasteiger partial charge on any atom is -0.492 e. The Labute approximate surface area is 248 Å². The van der Waals surface area contributed by atoms with Gasteiger partial charge in [0.05, 0.1) is 12.2 Å². The first-order chi connectivity index (χ1) is 20.2. The Hall–Kier alpha value is -4.09. The molecule has 220 valence electrons. The Morgan fingerprint density at radius 2 is 1.74 bits per heavy atom. The maximum atomic E-state index is 12.7. The van der Waals surface area contributed by atoms with Crippen molar-refractivity contribution >= 4 is 11.8 Å². The molecule has 1 unspecified atom stereocenters. The number of rotatable bonds is 12. The summed E-state index contributed by atoms with van der Waals surface area (Å²) in [5.74, 6) is 3.28. The van der Waals surface area contributed by atoms with Gasteiger partial charge >= 0.3 is 5.97 Å². The molecule has 8 nitrogen and oxygen atoms in total. The fourth-order valence-electron chi connectivity index (χ4n) is 5.59. The minimum absolute atomic E-state index is 0.0454. The highest BCUT2D eigenvalue weighted by atomic mass is 16.6. The van der Waals surface area contributed by atoms with E-state index < -0.39 is 6.10 Å². The summed E-state index contributed by atoms with van der Waals surface area (Å²) in [6.45, 7) is 11.9. The van der Waals surface area contributed by atoms with Gasteiger partial charge in [-0.2, -0.15) is 5.26 Å². The summed E-state index contributed by atoms with van der Waals surface area (Å²) in [4.78, 5) is 19.4. The van der Waals surface area contributed by atoms with Crippen LogP contribution in [-0.2, 0) is 21.4 Å². The molecule has 5 rings (SSSR count). The van der Waals surface area contributed by atoms with Crippen molar-refractivity contribution < 1.29 is 19.0 Å². The van der Waals surface area contributed by atoms with Crippen molar-refractivity contribution in [1.82, 2.24) is 10.3 Å². The van der Waals surface area contributed by atoms with Crippen LogP contribution in [0.2, 0.25) is 0 Å². The number of benzene rings is 2. The predicted octanol–water partition coefficient (Wildman–Crippen LogP) is 4.91. The zero-order valence-electron chi connectivity index (χ0n) is 24.9. The Morgan fingerprint density at radius 1 is 1.05 bits per heavy atom. The molecule has 2 aliphatic rings. The topological polar surface area (TPSA) is 96.7 Å². The molecule has 0 bridgehead atoms. The van der Waals surface area contributed by atoms with Gasteiger partial charge in [-0.1, -0.05) is 45.0 Å². The van der Waals surface area contributed by atoms with E-state index >= 15 is 0 Å². The quantitative estimate of drug-likeness (QED) is 0.243. The van der Waals surface area contributed by atoms with Crippen molar-refractivity contribution in [3.8, 4) is 17.6 Å². The van der Waals surface area contributed by atoms with Gasteiger partial charge in [0.2, 0.25) is 0 Å². The van der Waals surface area contributed by atoms with E-state index in [2.05, 4.69) is 42.0 Å². The van der Waals surface area contributed by atoms with Crippen LogP contribution in [0.1, 0.15) is 44.4 Å². The maximum Gasteiger partial charge on any atom is 0.347 e. The van der Waals surface area contributed by atoms with Crippen LogP contribution in [-0.4, -0.2) is 55.9 Å². The van der Waals surface area contributed by atoms with Gasteiger partial charge in [-0.25, -0.2) is 9.78 Å². The second kappa shape index (κ2) is 12.8. The SMILES string of the molecule is CCOC(=O)[C@H](Cc1ccc(OCCNC2[C@H]3CN(c4ccc(C#N)cn4)C[C@@H]23)cc1)Oc1ccc(C(C)(C)C)cc1. The van der Waals surface area contributed by atoms with Gasteiger partial charge in [-0.05, 0) is 71.7 Å². The van der Waals surface area contributed by atoms with E-state index in [-0.39, 0.29) is 11.4 Å². The largest absolute Gasteiger partial charge is 0.492 e. The molecular formula is C34H40N4O4. The number of nitrogens with one attached hydrogen (secondary N) is 1. The number of ether oxygens (including phenoxy) is 3. The molecule has 0 radical (unpaired) electrons. The van der Waals surface area contributed by atoms with Crippen LogP contribution in [0.5, 0.6) is 11.5 Å². The fraction of sp³-hybridized carbons (Fsp3) is 0.441. The number of hydrogen-bond acceptors (Lipinski definition) is 8. The number of pyridine rings is 1. The van der Waals surface area contributed by atoms with Crippen LogP contribution in [0.3, 0.4) is 0 Å². The average Bonchev–Trinajstić information content (AvgIpc) is 3.43. The second-order valence-electron chi connectivity index (χ2n) is 12.1. The molecule has 1 aliphatic carbocycles. The molecule has 1 aromatic heterocycles. The average molecular weight is 569 g/mol. The molecule has 2 fully saturated rings. The lowest BCUT2D eigenvalue weighted by atomic mass is 9.87. The number of nitriles is 1. The van der Waals surface area contributed by atoms with E-state index in [1.54, 1.807) is 13.1 Å². The molecule has 1 saturated carbocycles. The van der Waals surface area contributed by atoms with Crippen LogP contribution in [0.4, 0.5) is 5.82 Å². The van der Waals surface area contributed by atoms with Gasteiger partial charge in [-0.15, -0.1) is 0 Å². The van der Waals surface area contributed by atoms with E-state index in [1.165, 1.54) is 5.56 Å². The normalized spacial score (nSPS) is 19.9. The molecule has 1 N–H and O–H groups in total. The standard InChI is InChI=1S/C34H40N4O4/c1-5-40-33(39)30(42-27-13-9-25(10-14-27)34(2,3)4)18-23-6-11-26(12-7-23)41-17-16-36-32-28-21-38(22-29(28)32)31-15-8-24(19-35)20-37-31/h6-15,20,28-30,32,36H,5,16-18,21-22H2,1-4H3/t28-,29+,30-,32?/m0/s1. The molecule has 1 aliphatic heterocycles. The Kier molecular flexibility index (Phi) is 8.98. The predicted molar refractivity (Wildman–Crippen MR) is 162 cm³/mol. The van der Waals surface area contributed by atoms with Crippen LogP contribution in [0.15, 0.2) is 66.9 Å². The van der Waals surface area contributed by atoms with E-state index in [0.717, 1.165) is 36.8 Å². The number of aromatic nitrogens is 1. The summed E-state index contributed by atoms with van der Waals surface area (Å²) in [6.07, 6.45) is 1.31. The third-order valence-corrected chi connectivity index (χ3v) is 8.04. The molecule has 2 heterocycles. The van der Waals surface area contributed by atoms with Crippen molar-refractivity contribution in [2.75, 3.05) is 37.7 Å². The van der Waals surface area contributed by atoms with Gasteiger partial charge in [0, 0.05) is 38.3 Å². The number of esters is 1. The smallest absolute Gasteiger partial charge is 0.347 e. The van der Waals surface area contributed by atoms with Crippen LogP contribution in [0, 0.1) is 23.2 Å². The Balaban J connectivity index is 1.05. The highest BCUT2D eigenvalue weighted by molar-refractivity contribution is 5.75. The monoisotopic (exact) mass is 568 g/mol. The lowest BCUT2D eigenvalue weighted by Gasteiger charge is -2.21. The van der Waals surface area contributed by atoms with Crippen LogP contribution >= 0.6 is 0 Å². The zero-order chi connectivity index (χ0) is 29.7. The summed E-state index contributed by atoms with van der Waals surface area (Å²) in [7, 11) is 0.